The second-order valence-corrected chi connectivity index (χ2v) is 7.04. The molecule has 1 atom stereocenters. The van der Waals surface area contributed by atoms with Crippen LogP contribution in [0.5, 0.6) is 0 Å². The van der Waals surface area contributed by atoms with E-state index in [-0.39, 0.29) is 6.54 Å². The van der Waals surface area contributed by atoms with Crippen molar-refractivity contribution in [3.63, 3.8) is 0 Å². The molecule has 3 N–H and O–H groups in total. The number of nitrogens with zero attached hydrogens (tertiary/aromatic N) is 2. The molecule has 156 valence electrons. The average Bonchev–Trinajstić information content (AvgIpc) is 3.25. The second-order valence-electron chi connectivity index (χ2n) is 7.04. The van der Waals surface area contributed by atoms with Crippen molar-refractivity contribution in [1.82, 2.24) is 15.1 Å². The van der Waals surface area contributed by atoms with Crippen molar-refractivity contribution in [2.75, 3.05) is 5.32 Å². The summed E-state index contributed by atoms with van der Waals surface area (Å²) in [5, 5.41) is 19.1. The molecule has 3 aromatic rings. The number of urea groups is 1. The lowest BCUT2D eigenvalue weighted by Crippen LogP contribution is -2.31. The van der Waals surface area contributed by atoms with Crippen molar-refractivity contribution in [2.24, 2.45) is 0 Å². The van der Waals surface area contributed by atoms with Crippen LogP contribution in [0.25, 0.3) is 10.9 Å². The number of nitrogens with one attached hydrogen (secondary N) is 2. The molecule has 0 bridgehead atoms. The van der Waals surface area contributed by atoms with Crippen LogP contribution in [-0.4, -0.2) is 26.9 Å². The number of halogens is 3. The first-order valence-electron chi connectivity index (χ1n) is 9.16. The molecular weight excluding hydrogens is 401 g/mol. The minimum atomic E-state index is -4.40. The van der Waals surface area contributed by atoms with Gasteiger partial charge in [-0.25, -0.2) is 4.79 Å². The van der Waals surface area contributed by atoms with Gasteiger partial charge in [-0.1, -0.05) is 12.1 Å². The summed E-state index contributed by atoms with van der Waals surface area (Å²) in [5.41, 5.74) is 1.56. The number of carbonyl (C=O) groups excluding carboxylic acids is 1. The number of carboxylic acid groups (broad SMARTS) is 1. The lowest BCUT2D eigenvalue weighted by molar-refractivity contribution is -0.138. The first-order valence-corrected chi connectivity index (χ1v) is 9.16. The average molecular weight is 418 g/mol. The fourth-order valence-corrected chi connectivity index (χ4v) is 3.73. The molecule has 0 saturated heterocycles. The fraction of sp³-hybridized carbons (Fsp3) is 0.250. The van der Waals surface area contributed by atoms with Gasteiger partial charge >= 0.3 is 18.2 Å². The maximum atomic E-state index is 12.9. The third-order valence-corrected chi connectivity index (χ3v) is 5.07. The highest BCUT2D eigenvalue weighted by molar-refractivity contribution is 6.00. The molecule has 10 heteroatoms. The van der Waals surface area contributed by atoms with Crippen LogP contribution in [0, 0.1) is 0 Å². The van der Waals surface area contributed by atoms with E-state index in [4.69, 9.17) is 5.11 Å². The molecule has 2 aromatic carbocycles. The highest BCUT2D eigenvalue weighted by atomic mass is 19.4. The van der Waals surface area contributed by atoms with Gasteiger partial charge in [-0.15, -0.1) is 0 Å². The molecule has 1 aliphatic rings. The smallest absolute Gasteiger partial charge is 0.416 e. The number of carboxylic acids is 1. The van der Waals surface area contributed by atoms with Gasteiger partial charge in [-0.2, -0.15) is 18.3 Å². The summed E-state index contributed by atoms with van der Waals surface area (Å²) in [6.07, 6.45) is -1.98. The Morgan fingerprint density at radius 3 is 2.77 bits per heavy atom. The molecule has 0 saturated carbocycles. The first kappa shape index (κ1) is 19.7. The number of fused-ring (bicyclic) bond motifs is 2. The van der Waals surface area contributed by atoms with E-state index in [1.54, 1.807) is 18.2 Å². The van der Waals surface area contributed by atoms with Crippen molar-refractivity contribution in [3.8, 4) is 0 Å². The highest BCUT2D eigenvalue weighted by Gasteiger charge is 2.33. The fourth-order valence-electron chi connectivity index (χ4n) is 3.73. The summed E-state index contributed by atoms with van der Waals surface area (Å²) in [5.74, 6) is -1.04. The Morgan fingerprint density at radius 1 is 1.23 bits per heavy atom. The Labute approximate surface area is 168 Å². The van der Waals surface area contributed by atoms with Gasteiger partial charge in [-0.05, 0) is 48.2 Å². The molecule has 4 rings (SSSR count). The minimum Gasteiger partial charge on any atom is -0.480 e. The molecule has 30 heavy (non-hydrogen) atoms. The maximum absolute atomic E-state index is 12.9. The van der Waals surface area contributed by atoms with Crippen LogP contribution in [0.1, 0.15) is 29.2 Å². The summed E-state index contributed by atoms with van der Waals surface area (Å²) in [4.78, 5) is 23.4. The molecule has 2 amide bonds. The van der Waals surface area contributed by atoms with Crippen LogP contribution in [0.2, 0.25) is 0 Å². The molecule has 0 aliphatic heterocycles. The van der Waals surface area contributed by atoms with Crippen LogP contribution in [-0.2, 0) is 23.9 Å². The van der Waals surface area contributed by atoms with E-state index in [1.807, 2.05) is 0 Å². The van der Waals surface area contributed by atoms with Crippen LogP contribution in [0.15, 0.2) is 42.6 Å². The van der Waals surface area contributed by atoms with Crippen molar-refractivity contribution < 1.29 is 27.9 Å². The highest BCUT2D eigenvalue weighted by Crippen LogP contribution is 2.36. The van der Waals surface area contributed by atoms with Crippen molar-refractivity contribution in [2.45, 2.75) is 31.6 Å². The van der Waals surface area contributed by atoms with Gasteiger partial charge in [0.15, 0.2) is 0 Å². The summed E-state index contributed by atoms with van der Waals surface area (Å²) in [6, 6.07) is 7.68. The summed E-state index contributed by atoms with van der Waals surface area (Å²) in [6.45, 7) is -0.308. The van der Waals surface area contributed by atoms with Crippen LogP contribution in [0.3, 0.4) is 0 Å². The number of benzene rings is 2. The number of hydrogen-bond donors (Lipinski definition) is 3. The minimum absolute atomic E-state index is 0.308. The van der Waals surface area contributed by atoms with Crippen LogP contribution in [0.4, 0.5) is 23.7 Å². The summed E-state index contributed by atoms with van der Waals surface area (Å²) in [7, 11) is 0. The number of amides is 2. The molecule has 7 nitrogen and oxygen atoms in total. The largest absolute Gasteiger partial charge is 0.480 e. The number of anilines is 1. The molecule has 1 heterocycles. The van der Waals surface area contributed by atoms with Gasteiger partial charge in [-0.3, -0.25) is 9.48 Å². The molecular formula is C20H17F3N4O3. The van der Waals surface area contributed by atoms with E-state index in [1.165, 1.54) is 16.9 Å². The van der Waals surface area contributed by atoms with Gasteiger partial charge in [0.2, 0.25) is 0 Å². The van der Waals surface area contributed by atoms with E-state index < -0.39 is 29.8 Å². The van der Waals surface area contributed by atoms with E-state index >= 15 is 0 Å². The number of rotatable bonds is 4. The SMILES string of the molecule is O=C(O)Cn1ncc2c(NC(=O)NC3CCc4cc(C(F)(F)F)ccc43)cccc21. The topological polar surface area (TPSA) is 96.2 Å². The zero-order valence-electron chi connectivity index (χ0n) is 15.5. The van der Waals surface area contributed by atoms with Gasteiger partial charge in [0.25, 0.3) is 0 Å². The molecule has 0 radical (unpaired) electrons. The van der Waals surface area contributed by atoms with Gasteiger partial charge in [0, 0.05) is 5.39 Å². The van der Waals surface area contributed by atoms with Crippen molar-refractivity contribution in [1.29, 1.82) is 0 Å². The molecule has 1 unspecified atom stereocenters. The van der Waals surface area contributed by atoms with Gasteiger partial charge in [0.05, 0.1) is 29.0 Å². The lowest BCUT2D eigenvalue weighted by Gasteiger charge is -2.16. The summed E-state index contributed by atoms with van der Waals surface area (Å²) >= 11 is 0. The van der Waals surface area contributed by atoms with Gasteiger partial charge in [0.1, 0.15) is 6.54 Å². The van der Waals surface area contributed by atoms with E-state index in [0.29, 0.717) is 40.6 Å². The predicted molar refractivity (Wildman–Crippen MR) is 102 cm³/mol. The van der Waals surface area contributed by atoms with E-state index in [0.717, 1.165) is 12.1 Å². The quantitative estimate of drug-likeness (QED) is 0.598. The molecule has 1 aliphatic carbocycles. The predicted octanol–water partition coefficient (Wildman–Crippen LogP) is 3.95. The third kappa shape index (κ3) is 3.80. The maximum Gasteiger partial charge on any atom is 0.416 e. The number of carbonyl (C=O) groups is 2. The Bertz CT molecular complexity index is 1140. The molecule has 0 fully saturated rings. The number of aliphatic carboxylic acids is 1. The zero-order valence-corrected chi connectivity index (χ0v) is 15.5. The van der Waals surface area contributed by atoms with Crippen LogP contribution < -0.4 is 10.6 Å². The van der Waals surface area contributed by atoms with Crippen LogP contribution >= 0.6 is 0 Å². The van der Waals surface area contributed by atoms with Crippen molar-refractivity contribution in [3.05, 3.63) is 59.3 Å². The molecule has 1 aromatic heterocycles. The monoisotopic (exact) mass is 418 g/mol. The lowest BCUT2D eigenvalue weighted by atomic mass is 10.0. The number of alkyl halides is 3. The molecule has 0 spiro atoms. The van der Waals surface area contributed by atoms with E-state index in [9.17, 15) is 22.8 Å². The Hall–Kier alpha value is -3.56. The number of hydrogen-bond acceptors (Lipinski definition) is 3. The van der Waals surface area contributed by atoms with E-state index in [2.05, 4.69) is 15.7 Å². The number of aryl methyl sites for hydroxylation is 1. The van der Waals surface area contributed by atoms with Gasteiger partial charge < -0.3 is 15.7 Å². The standard InChI is InChI=1S/C20H17F3N4O3/c21-20(22,23)12-5-6-13-11(8-12)4-7-16(13)26-19(30)25-15-2-1-3-17-14(15)9-24-27(17)10-18(28)29/h1-3,5-6,8-9,16H,4,7,10H2,(H,28,29)(H2,25,26,30). The zero-order chi connectivity index (χ0) is 21.5. The third-order valence-electron chi connectivity index (χ3n) is 5.07. The van der Waals surface area contributed by atoms with Crippen molar-refractivity contribution >= 4 is 28.6 Å². The Morgan fingerprint density at radius 2 is 2.03 bits per heavy atom. The second kappa shape index (κ2) is 7.36. The Kier molecular flexibility index (Phi) is 4.84. The first-order chi connectivity index (χ1) is 14.2. The summed E-state index contributed by atoms with van der Waals surface area (Å²) < 4.78 is 40.0. The Balaban J connectivity index is 1.49. The number of aromatic nitrogens is 2. The normalized spacial score (nSPS) is 15.8.